The minimum Gasteiger partial charge on any atom is -0.488 e. The van der Waals surface area contributed by atoms with E-state index in [1.54, 1.807) is 0 Å². The van der Waals surface area contributed by atoms with Crippen LogP contribution in [-0.4, -0.2) is 45.7 Å². The van der Waals surface area contributed by atoms with Crippen LogP contribution in [0.15, 0.2) is 48.5 Å². The zero-order chi connectivity index (χ0) is 17.3. The summed E-state index contributed by atoms with van der Waals surface area (Å²) >= 11 is 0. The normalized spacial score (nSPS) is 17.0. The van der Waals surface area contributed by atoms with Gasteiger partial charge in [-0.2, -0.15) is 0 Å². The van der Waals surface area contributed by atoms with Crippen LogP contribution in [0, 0.1) is 0 Å². The molecule has 1 heterocycles. The second-order valence-corrected chi connectivity index (χ2v) is 5.58. The Morgan fingerprint density at radius 1 is 0.600 bits per heavy atom. The minimum absolute atomic E-state index is 0.280. The lowest BCUT2D eigenvalue weighted by Crippen LogP contribution is -2.34. The molecule has 0 saturated carbocycles. The predicted molar refractivity (Wildman–Crippen MR) is 93.7 cm³/mol. The molecule has 25 heavy (non-hydrogen) atoms. The number of rotatable bonds is 0. The standard InChI is InChI=1S/C19H23NO5/c20-15-13-24-18-7-3-1-5-16(18)22-11-9-21-10-12-23-17-6-2-4-8-19(17)25-14-15/h1-8,15H,9-14,20H2. The predicted octanol–water partition coefficient (Wildman–Crippen LogP) is 2.26. The van der Waals surface area contributed by atoms with Gasteiger partial charge in [0.15, 0.2) is 23.0 Å². The number of fused-ring (bicyclic) bond motifs is 2. The Morgan fingerprint density at radius 2 is 1.00 bits per heavy atom. The van der Waals surface area contributed by atoms with Crippen LogP contribution >= 0.6 is 0 Å². The van der Waals surface area contributed by atoms with Gasteiger partial charge in [0.1, 0.15) is 26.4 Å². The summed E-state index contributed by atoms with van der Waals surface area (Å²) in [5, 5.41) is 0. The molecule has 2 aromatic carbocycles. The molecule has 0 atom stereocenters. The smallest absolute Gasteiger partial charge is 0.161 e. The van der Waals surface area contributed by atoms with E-state index in [9.17, 15) is 0 Å². The fourth-order valence-electron chi connectivity index (χ4n) is 2.34. The van der Waals surface area contributed by atoms with Gasteiger partial charge < -0.3 is 29.4 Å². The van der Waals surface area contributed by atoms with Crippen molar-refractivity contribution >= 4 is 0 Å². The molecule has 0 aromatic heterocycles. The third-order valence-corrected chi connectivity index (χ3v) is 3.57. The molecule has 0 unspecified atom stereocenters. The molecule has 0 amide bonds. The Balaban J connectivity index is 1.68. The number of benzene rings is 2. The quantitative estimate of drug-likeness (QED) is 0.790. The molecule has 0 radical (unpaired) electrons. The molecule has 0 saturated heterocycles. The third kappa shape index (κ3) is 5.27. The van der Waals surface area contributed by atoms with Crippen molar-refractivity contribution in [2.45, 2.75) is 6.04 Å². The Bertz CT molecular complexity index is 608. The molecule has 134 valence electrons. The van der Waals surface area contributed by atoms with E-state index in [2.05, 4.69) is 0 Å². The van der Waals surface area contributed by atoms with Crippen LogP contribution in [0.4, 0.5) is 0 Å². The van der Waals surface area contributed by atoms with E-state index < -0.39 is 0 Å². The number of hydrogen-bond acceptors (Lipinski definition) is 6. The highest BCUT2D eigenvalue weighted by Crippen LogP contribution is 2.28. The lowest BCUT2D eigenvalue weighted by Gasteiger charge is -2.18. The lowest BCUT2D eigenvalue weighted by atomic mass is 10.3. The van der Waals surface area contributed by atoms with Gasteiger partial charge in [-0.25, -0.2) is 0 Å². The van der Waals surface area contributed by atoms with E-state index in [-0.39, 0.29) is 6.04 Å². The van der Waals surface area contributed by atoms with Crippen molar-refractivity contribution in [3.8, 4) is 23.0 Å². The summed E-state index contributed by atoms with van der Waals surface area (Å²) in [4.78, 5) is 0. The lowest BCUT2D eigenvalue weighted by molar-refractivity contribution is 0.0736. The fourth-order valence-corrected chi connectivity index (χ4v) is 2.34. The zero-order valence-corrected chi connectivity index (χ0v) is 14.1. The van der Waals surface area contributed by atoms with Gasteiger partial charge in [-0.05, 0) is 24.3 Å². The highest BCUT2D eigenvalue weighted by molar-refractivity contribution is 5.40. The molecular weight excluding hydrogens is 322 g/mol. The van der Waals surface area contributed by atoms with Crippen molar-refractivity contribution in [2.75, 3.05) is 39.6 Å². The monoisotopic (exact) mass is 345 g/mol. The summed E-state index contributed by atoms with van der Waals surface area (Å²) in [5.41, 5.74) is 6.10. The van der Waals surface area contributed by atoms with Gasteiger partial charge in [0.2, 0.25) is 0 Å². The van der Waals surface area contributed by atoms with Gasteiger partial charge in [0, 0.05) is 0 Å². The van der Waals surface area contributed by atoms with Gasteiger partial charge in [0.05, 0.1) is 19.3 Å². The second-order valence-electron chi connectivity index (χ2n) is 5.58. The summed E-state index contributed by atoms with van der Waals surface area (Å²) < 4.78 is 28.5. The summed E-state index contributed by atoms with van der Waals surface area (Å²) in [6, 6.07) is 14.7. The van der Waals surface area contributed by atoms with Crippen LogP contribution in [0.25, 0.3) is 0 Å². The van der Waals surface area contributed by atoms with Crippen LogP contribution in [0.1, 0.15) is 0 Å². The average Bonchev–Trinajstić information content (AvgIpc) is 2.64. The summed E-state index contributed by atoms with van der Waals surface area (Å²) in [5.74, 6) is 2.67. The van der Waals surface area contributed by atoms with E-state index in [0.717, 1.165) is 0 Å². The summed E-state index contributed by atoms with van der Waals surface area (Å²) in [6.45, 7) is 2.45. The van der Waals surface area contributed by atoms with Gasteiger partial charge in [-0.3, -0.25) is 0 Å². The van der Waals surface area contributed by atoms with Crippen molar-refractivity contribution in [1.82, 2.24) is 0 Å². The van der Waals surface area contributed by atoms with E-state index in [1.165, 1.54) is 0 Å². The van der Waals surface area contributed by atoms with Gasteiger partial charge in [0.25, 0.3) is 0 Å². The molecule has 0 aliphatic carbocycles. The Labute approximate surface area is 147 Å². The molecule has 3 rings (SSSR count). The molecular formula is C19H23NO5. The Hall–Kier alpha value is -2.44. The number of para-hydroxylation sites is 4. The molecule has 6 heteroatoms. The van der Waals surface area contributed by atoms with Gasteiger partial charge >= 0.3 is 0 Å². The van der Waals surface area contributed by atoms with Crippen molar-refractivity contribution in [1.29, 1.82) is 0 Å². The summed E-state index contributed by atoms with van der Waals surface area (Å²) in [6.07, 6.45) is 0. The van der Waals surface area contributed by atoms with Crippen molar-refractivity contribution in [3.05, 3.63) is 48.5 Å². The highest BCUT2D eigenvalue weighted by atomic mass is 16.6. The first-order chi connectivity index (χ1) is 12.3. The van der Waals surface area contributed by atoms with Gasteiger partial charge in [-0.1, -0.05) is 24.3 Å². The van der Waals surface area contributed by atoms with E-state index in [4.69, 9.17) is 29.4 Å². The van der Waals surface area contributed by atoms with E-state index in [0.29, 0.717) is 62.6 Å². The third-order valence-electron chi connectivity index (χ3n) is 3.57. The summed E-state index contributed by atoms with van der Waals surface area (Å²) in [7, 11) is 0. The van der Waals surface area contributed by atoms with E-state index >= 15 is 0 Å². The fraction of sp³-hybridized carbons (Fsp3) is 0.368. The van der Waals surface area contributed by atoms with Crippen molar-refractivity contribution in [2.24, 2.45) is 5.73 Å². The van der Waals surface area contributed by atoms with Crippen LogP contribution in [0.3, 0.4) is 0 Å². The molecule has 0 fully saturated rings. The van der Waals surface area contributed by atoms with Crippen LogP contribution in [-0.2, 0) is 4.74 Å². The van der Waals surface area contributed by atoms with Crippen LogP contribution in [0.5, 0.6) is 23.0 Å². The number of hydrogen-bond donors (Lipinski definition) is 1. The van der Waals surface area contributed by atoms with Crippen molar-refractivity contribution < 1.29 is 23.7 Å². The molecule has 2 aromatic rings. The minimum atomic E-state index is -0.280. The molecule has 0 bridgehead atoms. The average molecular weight is 345 g/mol. The first kappa shape index (κ1) is 17.4. The van der Waals surface area contributed by atoms with Crippen LogP contribution in [0.2, 0.25) is 0 Å². The topological polar surface area (TPSA) is 72.2 Å². The van der Waals surface area contributed by atoms with Crippen LogP contribution < -0.4 is 24.7 Å². The molecule has 0 spiro atoms. The largest absolute Gasteiger partial charge is 0.488 e. The zero-order valence-electron chi connectivity index (χ0n) is 14.1. The first-order valence-electron chi connectivity index (χ1n) is 8.35. The highest BCUT2D eigenvalue weighted by Gasteiger charge is 2.11. The first-order valence-corrected chi connectivity index (χ1v) is 8.35. The SMILES string of the molecule is NC1COc2ccccc2OCCOCCOc2ccccc2OC1. The molecule has 1 aliphatic heterocycles. The maximum Gasteiger partial charge on any atom is 0.161 e. The Kier molecular flexibility index (Phi) is 6.36. The second kappa shape index (κ2) is 9.15. The number of nitrogens with two attached hydrogens (primary N) is 1. The molecule has 1 aliphatic rings. The molecule has 6 nitrogen and oxygen atoms in total. The van der Waals surface area contributed by atoms with Crippen molar-refractivity contribution in [3.63, 3.8) is 0 Å². The molecule has 2 N–H and O–H groups in total. The maximum absolute atomic E-state index is 6.10. The number of ether oxygens (including phenoxy) is 5. The van der Waals surface area contributed by atoms with Gasteiger partial charge in [-0.15, -0.1) is 0 Å². The maximum atomic E-state index is 6.10. The van der Waals surface area contributed by atoms with E-state index in [1.807, 2.05) is 48.5 Å². The Morgan fingerprint density at radius 3 is 1.44 bits per heavy atom.